The van der Waals surface area contributed by atoms with Gasteiger partial charge in [0.2, 0.25) is 11.8 Å². The SMILES string of the molecule is O=C(CSc1nnc(-c2cccc(F)c2)o1)N(c1ccccc1)c1ccccc1. The van der Waals surface area contributed by atoms with Gasteiger partial charge in [-0.1, -0.05) is 54.2 Å². The summed E-state index contributed by atoms with van der Waals surface area (Å²) < 4.78 is 18.9. The van der Waals surface area contributed by atoms with Gasteiger partial charge in [0.25, 0.3) is 5.22 Å². The lowest BCUT2D eigenvalue weighted by Crippen LogP contribution is -2.27. The van der Waals surface area contributed by atoms with Gasteiger partial charge >= 0.3 is 0 Å². The first kappa shape index (κ1) is 18.9. The summed E-state index contributed by atoms with van der Waals surface area (Å²) in [6, 6.07) is 24.8. The van der Waals surface area contributed by atoms with Crippen molar-refractivity contribution in [1.82, 2.24) is 10.2 Å². The Labute approximate surface area is 171 Å². The van der Waals surface area contributed by atoms with Crippen LogP contribution in [-0.2, 0) is 4.79 Å². The molecular formula is C22H16FN3O2S. The molecule has 144 valence electrons. The van der Waals surface area contributed by atoms with Crippen molar-refractivity contribution >= 4 is 29.0 Å². The van der Waals surface area contributed by atoms with E-state index in [1.165, 1.54) is 12.1 Å². The van der Waals surface area contributed by atoms with E-state index >= 15 is 0 Å². The van der Waals surface area contributed by atoms with E-state index in [0.717, 1.165) is 23.1 Å². The smallest absolute Gasteiger partial charge is 0.277 e. The highest BCUT2D eigenvalue weighted by atomic mass is 32.2. The Bertz CT molecular complexity index is 1060. The van der Waals surface area contributed by atoms with Gasteiger partial charge in [0.1, 0.15) is 5.82 Å². The van der Waals surface area contributed by atoms with E-state index in [9.17, 15) is 9.18 Å². The number of rotatable bonds is 6. The number of thioether (sulfide) groups is 1. The molecule has 1 heterocycles. The van der Waals surface area contributed by atoms with Crippen molar-refractivity contribution in [3.8, 4) is 11.5 Å². The molecule has 1 aromatic heterocycles. The first-order valence-corrected chi connectivity index (χ1v) is 9.84. The van der Waals surface area contributed by atoms with E-state index in [0.29, 0.717) is 5.56 Å². The minimum atomic E-state index is -0.383. The average Bonchev–Trinajstić information content (AvgIpc) is 3.23. The zero-order valence-electron chi connectivity index (χ0n) is 15.2. The Morgan fingerprint density at radius 1 is 0.897 bits per heavy atom. The maximum atomic E-state index is 13.4. The molecule has 5 nitrogen and oxygen atoms in total. The molecule has 0 aliphatic rings. The molecule has 0 N–H and O–H groups in total. The summed E-state index contributed by atoms with van der Waals surface area (Å²) in [5.41, 5.74) is 2.04. The number of aromatic nitrogens is 2. The summed E-state index contributed by atoms with van der Waals surface area (Å²) in [5.74, 6) is -0.194. The monoisotopic (exact) mass is 405 g/mol. The third-order valence-electron chi connectivity index (χ3n) is 4.08. The Morgan fingerprint density at radius 2 is 1.55 bits per heavy atom. The van der Waals surface area contributed by atoms with Crippen molar-refractivity contribution in [2.75, 3.05) is 10.7 Å². The molecule has 0 fully saturated rings. The van der Waals surface area contributed by atoms with E-state index in [1.807, 2.05) is 60.7 Å². The van der Waals surface area contributed by atoms with Crippen LogP contribution in [0.5, 0.6) is 0 Å². The standard InChI is InChI=1S/C22H16FN3O2S/c23-17-9-7-8-16(14-17)21-24-25-22(28-21)29-15-20(27)26(18-10-3-1-4-11-18)19-12-5-2-6-13-19/h1-14H,15H2. The van der Waals surface area contributed by atoms with Crippen LogP contribution < -0.4 is 4.90 Å². The Kier molecular flexibility index (Phi) is 5.67. The normalized spacial score (nSPS) is 10.7. The predicted octanol–water partition coefficient (Wildman–Crippen LogP) is 5.33. The van der Waals surface area contributed by atoms with E-state index in [4.69, 9.17) is 4.42 Å². The first-order chi connectivity index (χ1) is 14.2. The third kappa shape index (κ3) is 4.52. The van der Waals surface area contributed by atoms with Crippen LogP contribution in [0, 0.1) is 5.82 Å². The van der Waals surface area contributed by atoms with Crippen molar-refractivity contribution in [2.24, 2.45) is 0 Å². The molecule has 3 aromatic carbocycles. The van der Waals surface area contributed by atoms with Crippen molar-refractivity contribution in [1.29, 1.82) is 0 Å². The van der Waals surface area contributed by atoms with Gasteiger partial charge in [0.15, 0.2) is 0 Å². The maximum Gasteiger partial charge on any atom is 0.277 e. The van der Waals surface area contributed by atoms with Gasteiger partial charge in [-0.25, -0.2) is 4.39 Å². The van der Waals surface area contributed by atoms with Crippen LogP contribution >= 0.6 is 11.8 Å². The molecule has 0 unspecified atom stereocenters. The van der Waals surface area contributed by atoms with Crippen molar-refractivity contribution in [3.63, 3.8) is 0 Å². The summed E-state index contributed by atoms with van der Waals surface area (Å²) in [4.78, 5) is 14.7. The van der Waals surface area contributed by atoms with Gasteiger partial charge in [0.05, 0.1) is 5.75 Å². The topological polar surface area (TPSA) is 59.2 Å². The fourth-order valence-corrected chi connectivity index (χ4v) is 3.40. The Morgan fingerprint density at radius 3 is 2.17 bits per heavy atom. The molecule has 0 bridgehead atoms. The Balaban J connectivity index is 1.50. The third-order valence-corrected chi connectivity index (χ3v) is 4.88. The van der Waals surface area contributed by atoms with E-state index < -0.39 is 0 Å². The highest BCUT2D eigenvalue weighted by molar-refractivity contribution is 7.99. The van der Waals surface area contributed by atoms with Crippen LogP contribution in [0.2, 0.25) is 0 Å². The number of benzene rings is 3. The number of hydrogen-bond acceptors (Lipinski definition) is 5. The number of halogens is 1. The summed E-state index contributed by atoms with van der Waals surface area (Å²) in [6.45, 7) is 0. The second kappa shape index (κ2) is 8.70. The van der Waals surface area contributed by atoms with Gasteiger partial charge in [-0.2, -0.15) is 0 Å². The largest absolute Gasteiger partial charge is 0.411 e. The molecule has 0 saturated carbocycles. The van der Waals surface area contributed by atoms with Crippen LogP contribution in [-0.4, -0.2) is 21.9 Å². The highest BCUT2D eigenvalue weighted by Gasteiger charge is 2.19. The molecule has 29 heavy (non-hydrogen) atoms. The fraction of sp³-hybridized carbons (Fsp3) is 0.0455. The molecule has 0 aliphatic heterocycles. The minimum Gasteiger partial charge on any atom is -0.411 e. The van der Waals surface area contributed by atoms with E-state index in [-0.39, 0.29) is 28.6 Å². The van der Waals surface area contributed by atoms with Crippen molar-refractivity contribution in [3.05, 3.63) is 90.7 Å². The lowest BCUT2D eigenvalue weighted by atomic mass is 10.2. The molecule has 0 spiro atoms. The quantitative estimate of drug-likeness (QED) is 0.406. The van der Waals surface area contributed by atoms with E-state index in [2.05, 4.69) is 10.2 Å². The summed E-state index contributed by atoms with van der Waals surface area (Å²) in [5, 5.41) is 8.14. The molecule has 4 aromatic rings. The molecule has 0 radical (unpaired) electrons. The molecule has 7 heteroatoms. The van der Waals surface area contributed by atoms with Crippen LogP contribution in [0.15, 0.2) is 94.6 Å². The molecule has 4 rings (SSSR count). The summed E-state index contributed by atoms with van der Waals surface area (Å²) in [6.07, 6.45) is 0. The van der Waals surface area contributed by atoms with Crippen LogP contribution in [0.3, 0.4) is 0 Å². The maximum absolute atomic E-state index is 13.4. The van der Waals surface area contributed by atoms with Crippen LogP contribution in [0.25, 0.3) is 11.5 Å². The molecule has 0 atom stereocenters. The second-order valence-corrected chi connectivity index (χ2v) is 7.00. The van der Waals surface area contributed by atoms with Gasteiger partial charge in [-0.05, 0) is 42.5 Å². The number of anilines is 2. The zero-order chi connectivity index (χ0) is 20.1. The number of amides is 1. The van der Waals surface area contributed by atoms with Crippen molar-refractivity contribution in [2.45, 2.75) is 5.22 Å². The molecule has 0 aliphatic carbocycles. The highest BCUT2D eigenvalue weighted by Crippen LogP contribution is 2.28. The number of carbonyl (C=O) groups excluding carboxylic acids is 1. The van der Waals surface area contributed by atoms with Gasteiger partial charge < -0.3 is 4.42 Å². The number of carbonyl (C=O) groups is 1. The van der Waals surface area contributed by atoms with Crippen molar-refractivity contribution < 1.29 is 13.6 Å². The average molecular weight is 405 g/mol. The van der Waals surface area contributed by atoms with Gasteiger partial charge in [0, 0.05) is 16.9 Å². The number of nitrogens with zero attached hydrogens (tertiary/aromatic N) is 3. The van der Waals surface area contributed by atoms with Crippen LogP contribution in [0.1, 0.15) is 0 Å². The summed E-state index contributed by atoms with van der Waals surface area (Å²) >= 11 is 1.14. The van der Waals surface area contributed by atoms with Gasteiger partial charge in [-0.3, -0.25) is 9.69 Å². The first-order valence-electron chi connectivity index (χ1n) is 8.86. The lowest BCUT2D eigenvalue weighted by molar-refractivity contribution is -0.115. The second-order valence-electron chi connectivity index (χ2n) is 6.07. The lowest BCUT2D eigenvalue weighted by Gasteiger charge is -2.22. The van der Waals surface area contributed by atoms with Gasteiger partial charge in [-0.15, -0.1) is 10.2 Å². The molecule has 1 amide bonds. The minimum absolute atomic E-state index is 0.106. The number of hydrogen-bond donors (Lipinski definition) is 0. The molecule has 0 saturated heterocycles. The predicted molar refractivity (Wildman–Crippen MR) is 110 cm³/mol. The summed E-state index contributed by atoms with van der Waals surface area (Å²) in [7, 11) is 0. The molecular weight excluding hydrogens is 389 g/mol. The van der Waals surface area contributed by atoms with E-state index in [1.54, 1.807) is 17.0 Å². The Hall–Kier alpha value is -3.45. The zero-order valence-corrected chi connectivity index (χ0v) is 16.1. The number of para-hydroxylation sites is 2. The van der Waals surface area contributed by atoms with Crippen LogP contribution in [0.4, 0.5) is 15.8 Å². The fourth-order valence-electron chi connectivity index (χ4n) is 2.79.